The topological polar surface area (TPSA) is 49.4 Å². The first kappa shape index (κ1) is 15.1. The molecule has 3 rings (SSSR count). The summed E-state index contributed by atoms with van der Waals surface area (Å²) in [4.78, 5) is 25.5. The molecule has 0 bridgehead atoms. The van der Waals surface area contributed by atoms with Crippen LogP contribution in [0.1, 0.15) is 36.8 Å². The molecule has 1 saturated carbocycles. The van der Waals surface area contributed by atoms with Crippen molar-refractivity contribution in [3.05, 3.63) is 35.4 Å². The Balaban J connectivity index is 1.54. The molecule has 0 unspecified atom stereocenters. The van der Waals surface area contributed by atoms with Gasteiger partial charge in [-0.15, -0.1) is 0 Å². The molecule has 1 N–H and O–H groups in total. The zero-order valence-corrected chi connectivity index (χ0v) is 13.5. The molecule has 1 aromatic rings. The Morgan fingerprint density at radius 2 is 2.18 bits per heavy atom. The molecule has 0 spiro atoms. The van der Waals surface area contributed by atoms with Crippen molar-refractivity contribution in [2.45, 2.75) is 38.6 Å². The highest BCUT2D eigenvalue weighted by atomic mass is 16.2. The maximum atomic E-state index is 12.3. The van der Waals surface area contributed by atoms with Crippen LogP contribution in [0.5, 0.6) is 0 Å². The number of hydrogen-bond donors (Lipinski definition) is 1. The number of likely N-dealkylation sites (tertiary alicyclic amines) is 1. The van der Waals surface area contributed by atoms with Crippen LogP contribution in [-0.4, -0.2) is 36.3 Å². The van der Waals surface area contributed by atoms with Crippen molar-refractivity contribution < 1.29 is 9.59 Å². The normalized spacial score (nSPS) is 28.6. The van der Waals surface area contributed by atoms with Gasteiger partial charge in [-0.25, -0.2) is 0 Å². The molecule has 2 amide bonds. The van der Waals surface area contributed by atoms with E-state index in [1.807, 2.05) is 0 Å². The highest BCUT2D eigenvalue weighted by molar-refractivity contribution is 5.89. The molecule has 118 valence electrons. The van der Waals surface area contributed by atoms with Gasteiger partial charge in [0, 0.05) is 26.1 Å². The summed E-state index contributed by atoms with van der Waals surface area (Å²) in [6, 6.07) is 8.79. The van der Waals surface area contributed by atoms with Crippen LogP contribution in [0.15, 0.2) is 24.3 Å². The highest BCUT2D eigenvalue weighted by Crippen LogP contribution is 2.49. The van der Waals surface area contributed by atoms with Gasteiger partial charge in [0.05, 0.1) is 5.92 Å². The number of amides is 2. The van der Waals surface area contributed by atoms with Crippen LogP contribution in [0.25, 0.3) is 0 Å². The molecular formula is C18H24N2O2. The molecule has 1 aliphatic carbocycles. The Bertz CT molecular complexity index is 599. The van der Waals surface area contributed by atoms with Gasteiger partial charge >= 0.3 is 0 Å². The number of nitrogens with zero attached hydrogens (tertiary/aromatic N) is 1. The molecule has 1 aromatic carbocycles. The number of rotatable bonds is 4. The number of hydrogen-bond acceptors (Lipinski definition) is 2. The third-order valence-electron chi connectivity index (χ3n) is 5.03. The van der Waals surface area contributed by atoms with E-state index >= 15 is 0 Å². The molecule has 0 radical (unpaired) electrons. The summed E-state index contributed by atoms with van der Waals surface area (Å²) in [6.45, 7) is 4.74. The van der Waals surface area contributed by atoms with Crippen LogP contribution in [0.3, 0.4) is 0 Å². The molecule has 0 aromatic heterocycles. The number of carbonyl (C=O) groups excluding carboxylic acids is 2. The van der Waals surface area contributed by atoms with Gasteiger partial charge in [-0.05, 0) is 37.7 Å². The Morgan fingerprint density at radius 1 is 1.41 bits per heavy atom. The molecule has 4 atom stereocenters. The van der Waals surface area contributed by atoms with Gasteiger partial charge < -0.3 is 10.2 Å². The van der Waals surface area contributed by atoms with E-state index in [0.717, 1.165) is 6.42 Å². The van der Waals surface area contributed by atoms with E-state index in [0.29, 0.717) is 24.8 Å². The molecule has 1 saturated heterocycles. The number of carbonyl (C=O) groups is 2. The fraction of sp³-hybridized carbons (Fsp3) is 0.556. The number of nitrogens with one attached hydrogen (secondary N) is 1. The van der Waals surface area contributed by atoms with E-state index in [-0.39, 0.29) is 23.8 Å². The maximum absolute atomic E-state index is 12.3. The summed E-state index contributed by atoms with van der Waals surface area (Å²) in [5.74, 6) is 0.983. The molecule has 1 heterocycles. The smallest absolute Gasteiger partial charge is 0.225 e. The van der Waals surface area contributed by atoms with Crippen LogP contribution in [0.2, 0.25) is 0 Å². The minimum Gasteiger partial charge on any atom is -0.353 e. The predicted octanol–water partition coefficient (Wildman–Crippen LogP) is 2.08. The van der Waals surface area contributed by atoms with Crippen molar-refractivity contribution >= 4 is 11.8 Å². The third kappa shape index (κ3) is 3.01. The molecular weight excluding hydrogens is 276 g/mol. The zero-order valence-electron chi connectivity index (χ0n) is 13.5. The minimum absolute atomic E-state index is 0.0279. The van der Waals surface area contributed by atoms with E-state index in [1.54, 1.807) is 11.9 Å². The van der Waals surface area contributed by atoms with Crippen molar-refractivity contribution in [1.29, 1.82) is 0 Å². The predicted molar refractivity (Wildman–Crippen MR) is 85.4 cm³/mol. The molecule has 1 aliphatic heterocycles. The molecule has 2 fully saturated rings. The first-order valence-electron chi connectivity index (χ1n) is 8.06. The Morgan fingerprint density at radius 3 is 2.82 bits per heavy atom. The van der Waals surface area contributed by atoms with E-state index in [2.05, 4.69) is 43.4 Å². The average Bonchev–Trinajstić information content (AvgIpc) is 3.20. The van der Waals surface area contributed by atoms with Crippen molar-refractivity contribution in [2.75, 3.05) is 13.6 Å². The van der Waals surface area contributed by atoms with E-state index in [9.17, 15) is 9.59 Å². The SMILES string of the molecule is Cc1cccc([C@@H]2C[C@@H]2[C@H](C)NC(=O)[C@@H]2CC(=O)N(C)C2)c1. The van der Waals surface area contributed by atoms with Gasteiger partial charge in [-0.3, -0.25) is 9.59 Å². The monoisotopic (exact) mass is 300 g/mol. The number of aryl methyl sites for hydroxylation is 1. The summed E-state index contributed by atoms with van der Waals surface area (Å²) in [6.07, 6.45) is 1.48. The van der Waals surface area contributed by atoms with Gasteiger partial charge in [0.2, 0.25) is 11.8 Å². The van der Waals surface area contributed by atoms with Crippen molar-refractivity contribution in [3.63, 3.8) is 0 Å². The standard InChI is InChI=1S/C18H24N2O2/c1-11-5-4-6-13(7-11)16-9-15(16)12(2)19-18(22)14-8-17(21)20(3)10-14/h4-7,12,14-16H,8-10H2,1-3H3,(H,19,22)/t12-,14+,15+,16-/m0/s1. The highest BCUT2D eigenvalue weighted by Gasteiger charge is 2.43. The van der Waals surface area contributed by atoms with Crippen LogP contribution >= 0.6 is 0 Å². The summed E-state index contributed by atoms with van der Waals surface area (Å²) in [5, 5.41) is 3.12. The minimum atomic E-state index is -0.184. The Kier molecular flexibility index (Phi) is 3.94. The van der Waals surface area contributed by atoms with Crippen molar-refractivity contribution in [2.24, 2.45) is 11.8 Å². The second-order valence-electron chi connectivity index (χ2n) is 6.89. The lowest BCUT2D eigenvalue weighted by Gasteiger charge is -2.17. The largest absolute Gasteiger partial charge is 0.353 e. The summed E-state index contributed by atoms with van der Waals surface area (Å²) < 4.78 is 0. The van der Waals surface area contributed by atoms with E-state index in [1.165, 1.54) is 11.1 Å². The van der Waals surface area contributed by atoms with Gasteiger partial charge in [-0.1, -0.05) is 29.8 Å². The lowest BCUT2D eigenvalue weighted by Crippen LogP contribution is -2.39. The first-order valence-corrected chi connectivity index (χ1v) is 8.06. The average molecular weight is 300 g/mol. The van der Waals surface area contributed by atoms with Crippen LogP contribution in [0, 0.1) is 18.8 Å². The Labute approximate surface area is 131 Å². The third-order valence-corrected chi connectivity index (χ3v) is 5.03. The van der Waals surface area contributed by atoms with Crippen molar-refractivity contribution in [3.8, 4) is 0 Å². The number of benzene rings is 1. The quantitative estimate of drug-likeness (QED) is 0.925. The second-order valence-corrected chi connectivity index (χ2v) is 6.89. The Hall–Kier alpha value is -1.84. The molecule has 4 heteroatoms. The fourth-order valence-electron chi connectivity index (χ4n) is 3.54. The first-order chi connectivity index (χ1) is 10.5. The lowest BCUT2D eigenvalue weighted by atomic mass is 10.0. The summed E-state index contributed by atoms with van der Waals surface area (Å²) in [5.41, 5.74) is 2.66. The summed E-state index contributed by atoms with van der Waals surface area (Å²) >= 11 is 0. The van der Waals surface area contributed by atoms with Crippen LogP contribution in [-0.2, 0) is 9.59 Å². The summed E-state index contributed by atoms with van der Waals surface area (Å²) in [7, 11) is 1.76. The second kappa shape index (κ2) is 5.75. The molecule has 22 heavy (non-hydrogen) atoms. The van der Waals surface area contributed by atoms with Gasteiger partial charge in [0.1, 0.15) is 0 Å². The van der Waals surface area contributed by atoms with Crippen LogP contribution in [0.4, 0.5) is 0 Å². The molecule has 4 nitrogen and oxygen atoms in total. The van der Waals surface area contributed by atoms with Gasteiger partial charge in [-0.2, -0.15) is 0 Å². The van der Waals surface area contributed by atoms with Gasteiger partial charge in [0.15, 0.2) is 0 Å². The fourth-order valence-corrected chi connectivity index (χ4v) is 3.54. The van der Waals surface area contributed by atoms with Crippen molar-refractivity contribution in [1.82, 2.24) is 10.2 Å². The zero-order chi connectivity index (χ0) is 15.9. The van der Waals surface area contributed by atoms with E-state index in [4.69, 9.17) is 0 Å². The maximum Gasteiger partial charge on any atom is 0.225 e. The van der Waals surface area contributed by atoms with Gasteiger partial charge in [0.25, 0.3) is 0 Å². The lowest BCUT2D eigenvalue weighted by molar-refractivity contribution is -0.128. The molecule has 2 aliphatic rings. The van der Waals surface area contributed by atoms with E-state index < -0.39 is 0 Å². The van der Waals surface area contributed by atoms with Crippen LogP contribution < -0.4 is 5.32 Å².